The Kier molecular flexibility index (Phi) is 8.75. The molecule has 32 heavy (non-hydrogen) atoms. The molecule has 0 unspecified atom stereocenters. The Morgan fingerprint density at radius 2 is 1.09 bits per heavy atom. The second-order valence-electron chi connectivity index (χ2n) is 7.28. The van der Waals surface area contributed by atoms with Crippen LogP contribution in [0.15, 0.2) is 108 Å². The second-order valence-corrected chi connectivity index (χ2v) is 11.6. The highest BCUT2D eigenvalue weighted by Crippen LogP contribution is 2.59. The highest BCUT2D eigenvalue weighted by molar-refractivity contribution is 9.10. The van der Waals surface area contributed by atoms with Crippen molar-refractivity contribution in [3.63, 3.8) is 0 Å². The van der Waals surface area contributed by atoms with Crippen molar-refractivity contribution in [1.82, 2.24) is 0 Å². The standard InChI is InChI=1S/C27H25BrO2P.HI/c1-29-22-18-21(27(28)26(19-22)30-2)20-31(23-12-6-3-7-13-23,24-14-8-4-9-15-24)25-16-10-5-11-17-25;/h3-19H,20H2,1-2H3;1H/q+1;/p-1. The highest BCUT2D eigenvalue weighted by atomic mass is 127. The van der Waals surface area contributed by atoms with E-state index in [1.54, 1.807) is 14.2 Å². The van der Waals surface area contributed by atoms with E-state index in [0.717, 1.165) is 22.1 Å². The third-order valence-electron chi connectivity index (χ3n) is 5.54. The van der Waals surface area contributed by atoms with Crippen LogP contribution in [0.2, 0.25) is 0 Å². The van der Waals surface area contributed by atoms with Crippen LogP contribution in [0.25, 0.3) is 0 Å². The van der Waals surface area contributed by atoms with Crippen molar-refractivity contribution < 1.29 is 33.5 Å². The summed E-state index contributed by atoms with van der Waals surface area (Å²) in [5.74, 6) is 1.57. The van der Waals surface area contributed by atoms with Crippen molar-refractivity contribution >= 4 is 39.1 Å². The van der Waals surface area contributed by atoms with Crippen LogP contribution in [0.3, 0.4) is 0 Å². The summed E-state index contributed by atoms with van der Waals surface area (Å²) in [5.41, 5.74) is 1.17. The molecule has 0 fully saturated rings. The summed E-state index contributed by atoms with van der Waals surface area (Å²) >= 11 is 3.81. The third-order valence-corrected chi connectivity index (χ3v) is 10.8. The molecule has 0 atom stereocenters. The van der Waals surface area contributed by atoms with Crippen LogP contribution in [0.1, 0.15) is 5.56 Å². The minimum Gasteiger partial charge on any atom is -1.00 e. The van der Waals surface area contributed by atoms with Gasteiger partial charge in [0, 0.05) is 11.6 Å². The van der Waals surface area contributed by atoms with E-state index in [-0.39, 0.29) is 24.0 Å². The summed E-state index contributed by atoms with van der Waals surface area (Å²) in [6.45, 7) is 0. The number of methoxy groups -OCH3 is 2. The molecule has 4 aromatic rings. The van der Waals surface area contributed by atoms with Gasteiger partial charge in [-0.2, -0.15) is 0 Å². The zero-order valence-corrected chi connectivity index (χ0v) is 22.7. The van der Waals surface area contributed by atoms with Crippen LogP contribution in [0.4, 0.5) is 0 Å². The van der Waals surface area contributed by atoms with Crippen LogP contribution in [0.5, 0.6) is 11.5 Å². The lowest BCUT2D eigenvalue weighted by molar-refractivity contribution is -0.00000666. The quantitative estimate of drug-likeness (QED) is 0.234. The van der Waals surface area contributed by atoms with E-state index in [9.17, 15) is 0 Å². The topological polar surface area (TPSA) is 18.5 Å². The molecule has 164 valence electrons. The Bertz CT molecular complexity index is 1040. The monoisotopic (exact) mass is 618 g/mol. The maximum absolute atomic E-state index is 5.65. The molecule has 4 rings (SSSR count). The smallest absolute Gasteiger partial charge is 0.137 e. The fraction of sp³-hybridized carbons (Fsp3) is 0.111. The Morgan fingerprint density at radius 1 is 0.656 bits per heavy atom. The number of rotatable bonds is 7. The van der Waals surface area contributed by atoms with E-state index in [0.29, 0.717) is 0 Å². The molecule has 0 N–H and O–H groups in total. The van der Waals surface area contributed by atoms with Gasteiger partial charge in [-0.05, 0) is 58.4 Å². The van der Waals surface area contributed by atoms with Crippen molar-refractivity contribution in [3.05, 3.63) is 113 Å². The fourth-order valence-corrected chi connectivity index (χ4v) is 9.03. The average Bonchev–Trinajstić information content (AvgIpc) is 2.85. The van der Waals surface area contributed by atoms with Gasteiger partial charge in [-0.25, -0.2) is 0 Å². The summed E-state index contributed by atoms with van der Waals surface area (Å²) in [4.78, 5) is 0. The van der Waals surface area contributed by atoms with E-state index in [1.807, 2.05) is 6.07 Å². The molecule has 0 bridgehead atoms. The molecule has 0 aliphatic heterocycles. The van der Waals surface area contributed by atoms with Crippen molar-refractivity contribution in [2.45, 2.75) is 6.16 Å². The van der Waals surface area contributed by atoms with Crippen molar-refractivity contribution in [2.24, 2.45) is 0 Å². The van der Waals surface area contributed by atoms with Gasteiger partial charge in [-0.3, -0.25) is 0 Å². The van der Waals surface area contributed by atoms with Crippen LogP contribution in [-0.2, 0) is 6.16 Å². The first-order valence-electron chi connectivity index (χ1n) is 10.1. The van der Waals surface area contributed by atoms with Gasteiger partial charge in [-0.15, -0.1) is 0 Å². The van der Waals surface area contributed by atoms with Gasteiger partial charge in [0.2, 0.25) is 0 Å². The molecule has 2 nitrogen and oxygen atoms in total. The van der Waals surface area contributed by atoms with Gasteiger partial charge in [0.25, 0.3) is 0 Å². The summed E-state index contributed by atoms with van der Waals surface area (Å²) in [5, 5.41) is 4.04. The number of hydrogen-bond acceptors (Lipinski definition) is 2. The minimum absolute atomic E-state index is 0. The summed E-state index contributed by atoms with van der Waals surface area (Å²) in [6, 6.07) is 36.7. The number of hydrogen-bond donors (Lipinski definition) is 0. The lowest BCUT2D eigenvalue weighted by Gasteiger charge is -2.28. The molecular weight excluding hydrogens is 594 g/mol. The molecule has 0 amide bonds. The van der Waals surface area contributed by atoms with Gasteiger partial charge in [0.15, 0.2) is 0 Å². The third kappa shape index (κ3) is 4.88. The molecule has 0 aliphatic carbocycles. The lowest BCUT2D eigenvalue weighted by atomic mass is 10.2. The molecule has 0 saturated heterocycles. The first-order chi connectivity index (χ1) is 15.2. The Labute approximate surface area is 216 Å². The summed E-state index contributed by atoms with van der Waals surface area (Å²) in [7, 11) is 1.38. The molecule has 0 aromatic heterocycles. The van der Waals surface area contributed by atoms with Crippen molar-refractivity contribution in [2.75, 3.05) is 14.2 Å². The molecule has 0 saturated carbocycles. The van der Waals surface area contributed by atoms with Crippen LogP contribution in [-0.4, -0.2) is 14.2 Å². The van der Waals surface area contributed by atoms with E-state index in [1.165, 1.54) is 21.5 Å². The van der Waals surface area contributed by atoms with Gasteiger partial charge < -0.3 is 33.5 Å². The van der Waals surface area contributed by atoms with Crippen LogP contribution >= 0.6 is 23.2 Å². The Morgan fingerprint density at radius 3 is 1.47 bits per heavy atom. The largest absolute Gasteiger partial charge is 1.00 e. The maximum Gasteiger partial charge on any atom is 0.137 e. The fourth-order valence-electron chi connectivity index (χ4n) is 4.03. The SMILES string of the molecule is COc1cc(C[P+](c2ccccc2)(c2ccccc2)c2ccccc2)c(Br)c(OC)c1.[I-]. The number of ether oxygens (including phenoxy) is 2. The second kappa shape index (κ2) is 11.3. The van der Waals surface area contributed by atoms with Crippen molar-refractivity contribution in [1.29, 1.82) is 0 Å². The summed E-state index contributed by atoms with van der Waals surface area (Å²) in [6.07, 6.45) is 0.846. The summed E-state index contributed by atoms with van der Waals surface area (Å²) < 4.78 is 12.2. The van der Waals surface area contributed by atoms with E-state index < -0.39 is 7.26 Å². The number of benzene rings is 4. The lowest BCUT2D eigenvalue weighted by Crippen LogP contribution is -3.00. The van der Waals surface area contributed by atoms with Crippen LogP contribution < -0.4 is 49.4 Å². The first kappa shape index (κ1) is 24.8. The zero-order valence-electron chi connectivity index (χ0n) is 18.0. The highest BCUT2D eigenvalue weighted by Gasteiger charge is 2.46. The van der Waals surface area contributed by atoms with Gasteiger partial charge in [0.05, 0.1) is 24.9 Å². The first-order valence-corrected chi connectivity index (χ1v) is 12.9. The normalized spacial score (nSPS) is 10.8. The minimum atomic E-state index is -2.00. The van der Waals surface area contributed by atoms with Gasteiger partial charge >= 0.3 is 0 Å². The van der Waals surface area contributed by atoms with Crippen molar-refractivity contribution in [3.8, 4) is 11.5 Å². The zero-order chi connectivity index (χ0) is 21.7. The molecular formula is C27H25BrIO2P. The predicted molar refractivity (Wildman–Crippen MR) is 136 cm³/mol. The average molecular weight is 619 g/mol. The molecule has 5 heteroatoms. The predicted octanol–water partition coefficient (Wildman–Crippen LogP) is 2.96. The molecule has 0 radical (unpaired) electrons. The number of halogens is 2. The van der Waals surface area contributed by atoms with Crippen LogP contribution in [0, 0.1) is 0 Å². The van der Waals surface area contributed by atoms with Gasteiger partial charge in [-0.1, -0.05) is 54.6 Å². The van der Waals surface area contributed by atoms with E-state index >= 15 is 0 Å². The Balaban J connectivity index is 0.00000289. The molecule has 0 spiro atoms. The Hall–Kier alpha value is -1.88. The maximum atomic E-state index is 5.65. The van der Waals surface area contributed by atoms with E-state index in [4.69, 9.17) is 9.47 Å². The molecule has 0 aliphatic rings. The van der Waals surface area contributed by atoms with E-state index in [2.05, 4.69) is 113 Å². The molecule has 0 heterocycles. The van der Waals surface area contributed by atoms with Gasteiger partial charge in [0.1, 0.15) is 34.7 Å². The molecule has 4 aromatic carbocycles.